The van der Waals surface area contributed by atoms with Crippen molar-refractivity contribution in [1.29, 1.82) is 5.26 Å². The van der Waals surface area contributed by atoms with Crippen molar-refractivity contribution >= 4 is 42.4 Å². The summed E-state index contributed by atoms with van der Waals surface area (Å²) in [6, 6.07) is 20.5. The molecule has 0 bridgehead atoms. The van der Waals surface area contributed by atoms with Gasteiger partial charge < -0.3 is 18.9 Å². The molecule has 1 amide bonds. The van der Waals surface area contributed by atoms with E-state index in [1.54, 1.807) is 11.2 Å². The molecule has 2 aromatic carbocycles. The number of nitrogens with zero attached hydrogens (tertiary/aromatic N) is 7. The maximum atomic E-state index is 12.4. The Bertz CT molecular complexity index is 1720. The molecule has 0 aliphatic carbocycles. The lowest BCUT2D eigenvalue weighted by Gasteiger charge is -2.41. The number of hydrogen-bond donors (Lipinski definition) is 1. The Balaban J connectivity index is 1.30. The first-order valence-corrected chi connectivity index (χ1v) is 19.0. The number of likely N-dealkylation sites (tertiary alicyclic amines) is 1. The van der Waals surface area contributed by atoms with E-state index in [1.807, 2.05) is 71.4 Å². The molecule has 0 radical (unpaired) electrons. The molecular weight excluding hydrogens is 585 g/mol. The van der Waals surface area contributed by atoms with Crippen LogP contribution in [-0.2, 0) is 16.3 Å². The smallest absolute Gasteiger partial charge is 0.236 e. The predicted molar refractivity (Wildman–Crippen MR) is 176 cm³/mol. The number of aromatic nitrogens is 3. The van der Waals surface area contributed by atoms with E-state index >= 15 is 0 Å². The van der Waals surface area contributed by atoms with Crippen molar-refractivity contribution in [1.82, 2.24) is 24.9 Å². The van der Waals surface area contributed by atoms with Gasteiger partial charge in [0.1, 0.15) is 36.6 Å². The van der Waals surface area contributed by atoms with Crippen LogP contribution in [0.2, 0.25) is 25.7 Å². The van der Waals surface area contributed by atoms with Crippen molar-refractivity contribution in [2.45, 2.75) is 57.7 Å². The molecule has 12 heteroatoms. The highest BCUT2D eigenvalue weighted by Crippen LogP contribution is 2.35. The number of nitriles is 1. The summed E-state index contributed by atoms with van der Waals surface area (Å²) in [5, 5.41) is 12.0. The van der Waals surface area contributed by atoms with Gasteiger partial charge in [0.25, 0.3) is 0 Å². The Morgan fingerprint density at radius 3 is 2.51 bits per heavy atom. The summed E-state index contributed by atoms with van der Waals surface area (Å²) in [4.78, 5) is 28.6. The van der Waals surface area contributed by atoms with E-state index in [-0.39, 0.29) is 18.4 Å². The first kappa shape index (κ1) is 30.3. The number of hydrazine groups is 1. The van der Waals surface area contributed by atoms with Crippen LogP contribution in [0.5, 0.6) is 11.5 Å². The minimum Gasteiger partial charge on any atom is -0.457 e. The minimum atomic E-state index is -1.22. The summed E-state index contributed by atoms with van der Waals surface area (Å²) in [6.07, 6.45) is 4.99. The van der Waals surface area contributed by atoms with Crippen LogP contribution in [0.3, 0.4) is 0 Å². The number of hydrogen-bond acceptors (Lipinski definition) is 8. The van der Waals surface area contributed by atoms with Crippen LogP contribution in [0, 0.1) is 11.3 Å². The van der Waals surface area contributed by atoms with E-state index < -0.39 is 8.07 Å². The highest BCUT2D eigenvalue weighted by molar-refractivity contribution is 6.76. The topological polar surface area (TPSA) is 121 Å². The summed E-state index contributed by atoms with van der Waals surface area (Å²) in [6.45, 7) is 9.26. The van der Waals surface area contributed by atoms with Crippen LogP contribution in [0.4, 0.5) is 11.5 Å². The number of carbonyl (C=O) groups excluding carboxylic acids is 1. The Kier molecular flexibility index (Phi) is 8.82. The molecule has 0 atom stereocenters. The molecule has 6 rings (SSSR count). The number of ether oxygens (including phenoxy) is 2. The molecule has 4 heterocycles. The van der Waals surface area contributed by atoms with E-state index in [1.165, 1.54) is 0 Å². The summed E-state index contributed by atoms with van der Waals surface area (Å²) in [5.74, 6) is 2.84. The van der Waals surface area contributed by atoms with E-state index in [0.29, 0.717) is 32.3 Å². The molecule has 0 spiro atoms. The van der Waals surface area contributed by atoms with Crippen molar-refractivity contribution in [3.8, 4) is 17.6 Å². The van der Waals surface area contributed by atoms with Gasteiger partial charge >= 0.3 is 0 Å². The molecule has 0 unspecified atom stereocenters. The Morgan fingerprint density at radius 1 is 1.07 bits per heavy atom. The lowest BCUT2D eigenvalue weighted by molar-refractivity contribution is -0.131. The average molecular weight is 623 g/mol. The molecule has 1 fully saturated rings. The molecule has 1 N–H and O–H groups in total. The second-order valence-electron chi connectivity index (χ2n) is 12.6. The minimum absolute atomic E-state index is 0.0607. The van der Waals surface area contributed by atoms with Gasteiger partial charge in [0.15, 0.2) is 11.7 Å². The maximum Gasteiger partial charge on any atom is 0.236 e. The number of anilines is 1. The lowest BCUT2D eigenvalue weighted by atomic mass is 10.0. The third-order valence-corrected chi connectivity index (χ3v) is 9.74. The number of benzene rings is 2. The first-order chi connectivity index (χ1) is 21.8. The second kappa shape index (κ2) is 13.1. The molecule has 45 heavy (non-hydrogen) atoms. The molecule has 232 valence electrons. The average Bonchev–Trinajstić information content (AvgIpc) is 3.41. The zero-order valence-electron chi connectivity index (χ0n) is 25.9. The fourth-order valence-electron chi connectivity index (χ4n) is 5.58. The number of carbonyl (C=O) groups is 1. The third-order valence-electron chi connectivity index (χ3n) is 8.04. The zero-order chi connectivity index (χ0) is 31.4. The van der Waals surface area contributed by atoms with E-state index in [0.717, 1.165) is 58.5 Å². The number of amides is 1. The van der Waals surface area contributed by atoms with Gasteiger partial charge in [0.2, 0.25) is 5.91 Å². The van der Waals surface area contributed by atoms with Crippen LogP contribution in [0.25, 0.3) is 11.0 Å². The van der Waals surface area contributed by atoms with Crippen LogP contribution in [-0.4, -0.2) is 65.0 Å². The number of aliphatic imine (C=N–C) groups is 1. The summed E-state index contributed by atoms with van der Waals surface area (Å²) < 4.78 is 14.1. The number of amidine groups is 1. The fourth-order valence-corrected chi connectivity index (χ4v) is 6.34. The van der Waals surface area contributed by atoms with Crippen LogP contribution >= 0.6 is 0 Å². The van der Waals surface area contributed by atoms with Crippen molar-refractivity contribution in [3.63, 3.8) is 0 Å². The van der Waals surface area contributed by atoms with Crippen molar-refractivity contribution < 1.29 is 14.3 Å². The molecule has 0 saturated carbocycles. The molecule has 2 aromatic heterocycles. The van der Waals surface area contributed by atoms with Gasteiger partial charge in [0.05, 0.1) is 23.2 Å². The molecule has 1 saturated heterocycles. The second-order valence-corrected chi connectivity index (χ2v) is 18.2. The summed E-state index contributed by atoms with van der Waals surface area (Å²) in [7, 11) is -1.22. The molecule has 11 nitrogen and oxygen atoms in total. The number of piperidine rings is 1. The molecular formula is C33H38N8O3Si. The van der Waals surface area contributed by atoms with Gasteiger partial charge in [-0.3, -0.25) is 15.2 Å². The van der Waals surface area contributed by atoms with Crippen molar-refractivity contribution in [3.05, 3.63) is 72.7 Å². The third kappa shape index (κ3) is 7.00. The number of rotatable bonds is 10. The fraction of sp³-hybridized carbons (Fsp3) is 0.364. The standard InChI is InChI=1S/C33H38N8O3Si/c1-45(2,3)20-19-43-23-40-21-28-30-32(40)35-22-36-33(30)41(25-14-17-39(18-15-25)29(42)13-16-34)38-31(28)37-24-9-11-27(12-10-24)44-26-7-5-4-6-8-26/h4-12,21-22,25H,13-15,17-20,23H2,1-3H3,(H,37,38). The monoisotopic (exact) mass is 622 g/mol. The number of para-hydroxylation sites is 1. The van der Waals surface area contributed by atoms with E-state index in [2.05, 4.69) is 35.1 Å². The maximum absolute atomic E-state index is 12.4. The van der Waals surface area contributed by atoms with Gasteiger partial charge in [-0.1, -0.05) is 37.8 Å². The van der Waals surface area contributed by atoms with Crippen molar-refractivity contribution in [2.75, 3.05) is 24.7 Å². The normalized spacial score (nSPS) is 16.1. The molecule has 2 aliphatic heterocycles. The Morgan fingerprint density at radius 2 is 1.80 bits per heavy atom. The summed E-state index contributed by atoms with van der Waals surface area (Å²) >= 11 is 0. The largest absolute Gasteiger partial charge is 0.457 e. The van der Waals surface area contributed by atoms with Gasteiger partial charge in [-0.25, -0.2) is 15.0 Å². The van der Waals surface area contributed by atoms with Gasteiger partial charge in [0, 0.05) is 39.5 Å². The SMILES string of the molecule is C[Si](C)(C)CCOCn1cc2c3c(ncnc31)N(C1CCN(C(=O)CC#N)CC1)NC2=Nc1ccc(Oc2ccccc2)cc1. The quantitative estimate of drug-likeness (QED) is 0.173. The lowest BCUT2D eigenvalue weighted by Crippen LogP contribution is -2.55. The Hall–Kier alpha value is -4.73. The van der Waals surface area contributed by atoms with E-state index in [9.17, 15) is 4.79 Å². The van der Waals surface area contributed by atoms with Gasteiger partial charge in [-0.2, -0.15) is 5.26 Å². The molecule has 4 aromatic rings. The van der Waals surface area contributed by atoms with Crippen LogP contribution < -0.4 is 15.2 Å². The van der Waals surface area contributed by atoms with Crippen LogP contribution in [0.1, 0.15) is 24.8 Å². The van der Waals surface area contributed by atoms with Gasteiger partial charge in [-0.05, 0) is 55.3 Å². The first-order valence-electron chi connectivity index (χ1n) is 15.3. The zero-order valence-corrected chi connectivity index (χ0v) is 26.9. The van der Waals surface area contributed by atoms with Crippen LogP contribution in [0.15, 0.2) is 72.1 Å². The molecule has 2 aliphatic rings. The van der Waals surface area contributed by atoms with E-state index in [4.69, 9.17) is 24.7 Å². The van der Waals surface area contributed by atoms with Crippen molar-refractivity contribution in [2.24, 2.45) is 4.99 Å². The summed E-state index contributed by atoms with van der Waals surface area (Å²) in [5.41, 5.74) is 6.02. The predicted octanol–water partition coefficient (Wildman–Crippen LogP) is 5.84. The Labute approximate surface area is 264 Å². The highest BCUT2D eigenvalue weighted by Gasteiger charge is 2.34. The van der Waals surface area contributed by atoms with Gasteiger partial charge in [-0.15, -0.1) is 0 Å². The highest BCUT2D eigenvalue weighted by atomic mass is 28.3. The number of nitrogens with one attached hydrogen (secondary N) is 1.